The summed E-state index contributed by atoms with van der Waals surface area (Å²) in [7, 11) is -3.42. The van der Waals surface area contributed by atoms with Gasteiger partial charge in [-0.25, -0.2) is 13.1 Å². The predicted molar refractivity (Wildman–Crippen MR) is 85.0 cm³/mol. The van der Waals surface area contributed by atoms with Crippen LogP contribution in [0.3, 0.4) is 0 Å². The molecule has 0 unspecified atom stereocenters. The largest absolute Gasteiger partial charge is 0.385 e. The average molecular weight is 308 g/mol. The first-order valence-electron chi connectivity index (χ1n) is 7.86. The molecular formula is C16H24N2O2S. The Hall–Kier alpha value is -1.07. The van der Waals surface area contributed by atoms with Crippen molar-refractivity contribution in [3.8, 4) is 0 Å². The maximum Gasteiger partial charge on any atom is 0.240 e. The van der Waals surface area contributed by atoms with Crippen molar-refractivity contribution in [2.24, 2.45) is 5.41 Å². The molecule has 4 nitrogen and oxygen atoms in total. The molecule has 1 aromatic rings. The molecule has 0 aromatic heterocycles. The number of nitrogens with one attached hydrogen (secondary N) is 2. The van der Waals surface area contributed by atoms with Crippen molar-refractivity contribution in [2.75, 3.05) is 18.4 Å². The van der Waals surface area contributed by atoms with E-state index in [1.54, 1.807) is 6.07 Å². The zero-order valence-electron chi connectivity index (χ0n) is 12.6. The van der Waals surface area contributed by atoms with Crippen molar-refractivity contribution in [2.45, 2.75) is 50.3 Å². The second kappa shape index (κ2) is 5.61. The van der Waals surface area contributed by atoms with Crippen LogP contribution in [0.1, 0.15) is 44.6 Å². The van der Waals surface area contributed by atoms with E-state index in [9.17, 15) is 8.42 Å². The number of fused-ring (bicyclic) bond motifs is 1. The van der Waals surface area contributed by atoms with Crippen LogP contribution in [-0.4, -0.2) is 21.5 Å². The summed E-state index contributed by atoms with van der Waals surface area (Å²) >= 11 is 0. The average Bonchev–Trinajstić information content (AvgIpc) is 2.92. The molecule has 0 amide bonds. The van der Waals surface area contributed by atoms with E-state index in [2.05, 4.69) is 17.0 Å². The van der Waals surface area contributed by atoms with Crippen LogP contribution >= 0.6 is 0 Å². The molecule has 1 fully saturated rings. The topological polar surface area (TPSA) is 58.2 Å². The van der Waals surface area contributed by atoms with Crippen molar-refractivity contribution in [3.05, 3.63) is 23.8 Å². The first-order valence-corrected chi connectivity index (χ1v) is 9.34. The van der Waals surface area contributed by atoms with E-state index < -0.39 is 10.0 Å². The standard InChI is InChI=1S/C16H24N2O2S/c1-16(9-2-3-10-16)12-18-21(19,20)15-8-4-7-14-13(15)6-5-11-17-14/h4,7-8,17-18H,2-3,5-6,9-12H2,1H3. The van der Waals surface area contributed by atoms with Gasteiger partial charge in [-0.15, -0.1) is 0 Å². The molecule has 2 N–H and O–H groups in total. The Kier molecular flexibility index (Phi) is 3.97. The molecule has 0 saturated heterocycles. The summed E-state index contributed by atoms with van der Waals surface area (Å²) in [4.78, 5) is 0.453. The molecule has 3 rings (SSSR count). The fraction of sp³-hybridized carbons (Fsp3) is 0.625. The molecule has 5 heteroatoms. The Labute approximate surface area is 127 Å². The number of hydrogen-bond acceptors (Lipinski definition) is 3. The van der Waals surface area contributed by atoms with Crippen molar-refractivity contribution in [1.29, 1.82) is 0 Å². The minimum atomic E-state index is -3.42. The predicted octanol–water partition coefficient (Wildman–Crippen LogP) is 2.90. The third kappa shape index (κ3) is 3.09. The van der Waals surface area contributed by atoms with Crippen LogP contribution in [0.4, 0.5) is 5.69 Å². The van der Waals surface area contributed by atoms with E-state index in [-0.39, 0.29) is 5.41 Å². The van der Waals surface area contributed by atoms with Gasteiger partial charge in [0.25, 0.3) is 0 Å². The van der Waals surface area contributed by atoms with Gasteiger partial charge >= 0.3 is 0 Å². The van der Waals surface area contributed by atoms with E-state index in [1.165, 1.54) is 12.8 Å². The zero-order chi connectivity index (χ0) is 14.9. The minimum absolute atomic E-state index is 0.125. The van der Waals surface area contributed by atoms with Gasteiger partial charge in [0.15, 0.2) is 0 Å². The van der Waals surface area contributed by atoms with Gasteiger partial charge in [0, 0.05) is 18.8 Å². The monoisotopic (exact) mass is 308 g/mol. The zero-order valence-corrected chi connectivity index (χ0v) is 13.4. The molecule has 1 aliphatic heterocycles. The highest BCUT2D eigenvalue weighted by molar-refractivity contribution is 7.89. The smallest absolute Gasteiger partial charge is 0.240 e. The SMILES string of the molecule is CC1(CNS(=O)(=O)c2cccc3c2CCCN3)CCCC1. The molecule has 1 aliphatic carbocycles. The van der Waals surface area contributed by atoms with Gasteiger partial charge in [-0.3, -0.25) is 0 Å². The Balaban J connectivity index is 1.82. The van der Waals surface area contributed by atoms with E-state index in [0.29, 0.717) is 11.4 Å². The molecule has 0 atom stereocenters. The normalized spacial score (nSPS) is 20.8. The summed E-state index contributed by atoms with van der Waals surface area (Å²) in [5, 5.41) is 3.29. The summed E-state index contributed by atoms with van der Waals surface area (Å²) in [5.41, 5.74) is 2.03. The third-order valence-electron chi connectivity index (χ3n) is 4.84. The highest BCUT2D eigenvalue weighted by Gasteiger charge is 2.31. The molecule has 2 aliphatic rings. The Bertz CT molecular complexity index is 619. The van der Waals surface area contributed by atoms with Gasteiger partial charge in [0.05, 0.1) is 4.90 Å². The second-order valence-electron chi connectivity index (χ2n) is 6.65. The number of hydrogen-bond donors (Lipinski definition) is 2. The van der Waals surface area contributed by atoms with E-state index >= 15 is 0 Å². The maximum atomic E-state index is 12.7. The molecule has 1 heterocycles. The lowest BCUT2D eigenvalue weighted by Crippen LogP contribution is -2.34. The lowest BCUT2D eigenvalue weighted by molar-refractivity contribution is 0.336. The summed E-state index contributed by atoms with van der Waals surface area (Å²) in [6.07, 6.45) is 6.47. The van der Waals surface area contributed by atoms with Gasteiger partial charge in [-0.2, -0.15) is 0 Å². The van der Waals surface area contributed by atoms with Crippen LogP contribution in [0.25, 0.3) is 0 Å². The van der Waals surface area contributed by atoms with Gasteiger partial charge in [0.1, 0.15) is 0 Å². The maximum absolute atomic E-state index is 12.7. The number of benzene rings is 1. The van der Waals surface area contributed by atoms with Crippen LogP contribution in [0.5, 0.6) is 0 Å². The summed E-state index contributed by atoms with van der Waals surface area (Å²) in [5.74, 6) is 0. The van der Waals surface area contributed by atoms with Crippen molar-refractivity contribution >= 4 is 15.7 Å². The fourth-order valence-corrected chi connectivity index (χ4v) is 4.97. The lowest BCUT2D eigenvalue weighted by Gasteiger charge is -2.25. The first-order chi connectivity index (χ1) is 10.0. The summed E-state index contributed by atoms with van der Waals surface area (Å²) in [6.45, 7) is 3.65. The van der Waals surface area contributed by atoms with E-state index in [0.717, 1.165) is 43.5 Å². The number of sulfonamides is 1. The highest BCUT2D eigenvalue weighted by atomic mass is 32.2. The van der Waals surface area contributed by atoms with E-state index in [4.69, 9.17) is 0 Å². The molecule has 0 radical (unpaired) electrons. The first kappa shape index (κ1) is 14.9. The van der Waals surface area contributed by atoms with Gasteiger partial charge in [-0.1, -0.05) is 25.8 Å². The van der Waals surface area contributed by atoms with Crippen LogP contribution < -0.4 is 10.0 Å². The van der Waals surface area contributed by atoms with Crippen LogP contribution in [-0.2, 0) is 16.4 Å². The number of rotatable bonds is 4. The van der Waals surface area contributed by atoms with Crippen LogP contribution in [0, 0.1) is 5.41 Å². The molecule has 1 saturated carbocycles. The molecule has 1 aromatic carbocycles. The van der Waals surface area contributed by atoms with Gasteiger partial charge < -0.3 is 5.32 Å². The highest BCUT2D eigenvalue weighted by Crippen LogP contribution is 2.37. The Morgan fingerprint density at radius 2 is 2.00 bits per heavy atom. The van der Waals surface area contributed by atoms with Crippen molar-refractivity contribution < 1.29 is 8.42 Å². The van der Waals surface area contributed by atoms with Gasteiger partial charge in [0.2, 0.25) is 10.0 Å². The van der Waals surface area contributed by atoms with Crippen molar-refractivity contribution in [1.82, 2.24) is 4.72 Å². The minimum Gasteiger partial charge on any atom is -0.385 e. The molecule has 0 bridgehead atoms. The Morgan fingerprint density at radius 3 is 2.76 bits per heavy atom. The third-order valence-corrected chi connectivity index (χ3v) is 6.33. The quantitative estimate of drug-likeness (QED) is 0.899. The number of anilines is 1. The van der Waals surface area contributed by atoms with E-state index in [1.807, 2.05) is 12.1 Å². The Morgan fingerprint density at radius 1 is 1.24 bits per heavy atom. The molecule has 0 spiro atoms. The van der Waals surface area contributed by atoms with Crippen LogP contribution in [0.15, 0.2) is 23.1 Å². The van der Waals surface area contributed by atoms with Crippen molar-refractivity contribution in [3.63, 3.8) is 0 Å². The second-order valence-corrected chi connectivity index (χ2v) is 8.39. The fourth-order valence-electron chi connectivity index (χ4n) is 3.48. The summed E-state index contributed by atoms with van der Waals surface area (Å²) in [6, 6.07) is 5.51. The van der Waals surface area contributed by atoms with Gasteiger partial charge in [-0.05, 0) is 48.8 Å². The lowest BCUT2D eigenvalue weighted by atomic mass is 9.89. The molecule has 21 heavy (non-hydrogen) atoms. The summed E-state index contributed by atoms with van der Waals surface area (Å²) < 4.78 is 28.2. The van der Waals surface area contributed by atoms with Crippen LogP contribution in [0.2, 0.25) is 0 Å². The molecular weight excluding hydrogens is 284 g/mol. The molecule has 116 valence electrons.